The van der Waals surface area contributed by atoms with E-state index in [0.717, 1.165) is 13.0 Å². The number of guanidine groups is 1. The zero-order valence-electron chi connectivity index (χ0n) is 15.0. The van der Waals surface area contributed by atoms with Crippen molar-refractivity contribution in [2.24, 2.45) is 10.9 Å². The smallest absolute Gasteiger partial charge is 0.191 e. The maximum absolute atomic E-state index is 12.2. The average Bonchev–Trinajstić information content (AvgIpc) is 3.11. The summed E-state index contributed by atoms with van der Waals surface area (Å²) in [4.78, 5) is 5.87. The topological polar surface area (TPSA) is 70.6 Å². The number of nitrogens with one attached hydrogen (secondary N) is 2. The number of aliphatic imine (C=N–C) groups is 1. The lowest BCUT2D eigenvalue weighted by Crippen LogP contribution is -2.41. The first-order valence-corrected chi connectivity index (χ1v) is 10.8. The van der Waals surface area contributed by atoms with Crippen molar-refractivity contribution in [1.29, 1.82) is 0 Å². The predicted octanol–water partition coefficient (Wildman–Crippen LogP) is 3.18. The third-order valence-corrected chi connectivity index (χ3v) is 6.37. The van der Waals surface area contributed by atoms with Gasteiger partial charge in [-0.2, -0.15) is 0 Å². The van der Waals surface area contributed by atoms with E-state index in [2.05, 4.69) is 40.1 Å². The molecule has 0 aliphatic rings. The van der Waals surface area contributed by atoms with Crippen LogP contribution in [0.1, 0.15) is 11.8 Å². The van der Waals surface area contributed by atoms with E-state index in [1.807, 2.05) is 0 Å². The normalized spacial score (nSPS) is 12.9. The molecule has 0 spiro atoms. The van der Waals surface area contributed by atoms with Gasteiger partial charge in [0, 0.05) is 25.0 Å². The standard InChI is InChI=1S/C18H25N3O2S2.HI/c1-15(13-16-7-6-11-24-16)14-21-18(19-2)20-10-12-25(22,23)17-8-4-3-5-9-17;/h3-9,11,15H,10,12-14H2,1-2H3,(H2,19,20,21);1H. The van der Waals surface area contributed by atoms with Crippen molar-refractivity contribution < 1.29 is 8.42 Å². The van der Waals surface area contributed by atoms with E-state index in [1.54, 1.807) is 48.7 Å². The van der Waals surface area contributed by atoms with Crippen LogP contribution in [0.2, 0.25) is 0 Å². The van der Waals surface area contributed by atoms with Gasteiger partial charge in [-0.1, -0.05) is 31.2 Å². The minimum atomic E-state index is -3.27. The molecule has 0 saturated heterocycles. The second-order valence-electron chi connectivity index (χ2n) is 5.90. The molecule has 26 heavy (non-hydrogen) atoms. The summed E-state index contributed by atoms with van der Waals surface area (Å²) in [6.45, 7) is 3.28. The summed E-state index contributed by atoms with van der Waals surface area (Å²) in [5.41, 5.74) is 0. The number of benzene rings is 1. The lowest BCUT2D eigenvalue weighted by Gasteiger charge is -2.15. The van der Waals surface area contributed by atoms with Crippen LogP contribution < -0.4 is 10.6 Å². The Kier molecular flexibility index (Phi) is 10.2. The molecule has 2 N–H and O–H groups in total. The molecule has 0 fully saturated rings. The molecule has 0 aliphatic heterocycles. The van der Waals surface area contributed by atoms with Crippen molar-refractivity contribution in [3.05, 3.63) is 52.7 Å². The molecule has 1 aromatic carbocycles. The highest BCUT2D eigenvalue weighted by Crippen LogP contribution is 2.13. The fourth-order valence-electron chi connectivity index (χ4n) is 2.39. The van der Waals surface area contributed by atoms with Gasteiger partial charge >= 0.3 is 0 Å². The highest BCUT2D eigenvalue weighted by molar-refractivity contribution is 14.0. The van der Waals surface area contributed by atoms with Gasteiger partial charge in [0.2, 0.25) is 0 Å². The van der Waals surface area contributed by atoms with E-state index < -0.39 is 9.84 Å². The van der Waals surface area contributed by atoms with E-state index in [0.29, 0.717) is 23.3 Å². The largest absolute Gasteiger partial charge is 0.356 e. The van der Waals surface area contributed by atoms with Crippen LogP contribution in [0, 0.1) is 5.92 Å². The molecule has 0 saturated carbocycles. The van der Waals surface area contributed by atoms with Crippen LogP contribution in [0.4, 0.5) is 0 Å². The summed E-state index contributed by atoms with van der Waals surface area (Å²) in [5, 5.41) is 8.41. The SMILES string of the molecule is CN=C(NCCS(=O)(=O)c1ccccc1)NCC(C)Cc1cccs1.I. The molecule has 8 heteroatoms. The lowest BCUT2D eigenvalue weighted by molar-refractivity contribution is 0.562. The van der Waals surface area contributed by atoms with Crippen molar-refractivity contribution in [1.82, 2.24) is 10.6 Å². The molecule has 1 aromatic heterocycles. The quantitative estimate of drug-likeness (QED) is 0.327. The number of hydrogen-bond donors (Lipinski definition) is 2. The maximum Gasteiger partial charge on any atom is 0.191 e. The Bertz CT molecular complexity index is 763. The Morgan fingerprint density at radius 1 is 1.15 bits per heavy atom. The van der Waals surface area contributed by atoms with Gasteiger partial charge in [-0.25, -0.2) is 8.42 Å². The molecule has 0 radical (unpaired) electrons. The van der Waals surface area contributed by atoms with Gasteiger partial charge in [0.25, 0.3) is 0 Å². The van der Waals surface area contributed by atoms with Gasteiger partial charge in [0.1, 0.15) is 0 Å². The summed E-state index contributed by atoms with van der Waals surface area (Å²) < 4.78 is 24.5. The second kappa shape index (κ2) is 11.6. The molecule has 5 nitrogen and oxygen atoms in total. The molecule has 2 aromatic rings. The molecule has 0 amide bonds. The highest BCUT2D eigenvalue weighted by Gasteiger charge is 2.13. The first-order chi connectivity index (χ1) is 12.0. The molecule has 144 valence electrons. The Hall–Kier alpha value is -1.13. The fraction of sp³-hybridized carbons (Fsp3) is 0.389. The zero-order valence-corrected chi connectivity index (χ0v) is 19.0. The van der Waals surface area contributed by atoms with Crippen LogP contribution >= 0.6 is 35.3 Å². The van der Waals surface area contributed by atoms with Crippen LogP contribution in [0.5, 0.6) is 0 Å². The van der Waals surface area contributed by atoms with Gasteiger partial charge < -0.3 is 10.6 Å². The number of sulfone groups is 1. The number of nitrogens with zero attached hydrogens (tertiary/aromatic N) is 1. The number of rotatable bonds is 8. The van der Waals surface area contributed by atoms with Gasteiger partial charge in [0.05, 0.1) is 10.6 Å². The van der Waals surface area contributed by atoms with Crippen LogP contribution in [-0.4, -0.2) is 40.3 Å². The Morgan fingerprint density at radius 2 is 1.88 bits per heavy atom. The van der Waals surface area contributed by atoms with Gasteiger partial charge in [-0.15, -0.1) is 35.3 Å². The highest BCUT2D eigenvalue weighted by atomic mass is 127. The Labute approximate surface area is 177 Å². The van der Waals surface area contributed by atoms with Gasteiger partial charge in [-0.3, -0.25) is 4.99 Å². The van der Waals surface area contributed by atoms with E-state index >= 15 is 0 Å². The van der Waals surface area contributed by atoms with Crippen LogP contribution in [0.15, 0.2) is 57.7 Å². The first kappa shape index (κ1) is 22.9. The summed E-state index contributed by atoms with van der Waals surface area (Å²) in [7, 11) is -1.59. The molecule has 2 rings (SSSR count). The van der Waals surface area contributed by atoms with E-state index in [-0.39, 0.29) is 29.7 Å². The third-order valence-electron chi connectivity index (χ3n) is 3.74. The summed E-state index contributed by atoms with van der Waals surface area (Å²) >= 11 is 1.77. The van der Waals surface area contributed by atoms with Crippen LogP contribution in [-0.2, 0) is 16.3 Å². The summed E-state index contributed by atoms with van der Waals surface area (Å²) in [6, 6.07) is 12.7. The van der Waals surface area contributed by atoms with Crippen molar-refractivity contribution >= 4 is 51.1 Å². The van der Waals surface area contributed by atoms with Crippen LogP contribution in [0.3, 0.4) is 0 Å². The minimum absolute atomic E-state index is 0. The molecule has 0 aliphatic carbocycles. The van der Waals surface area contributed by atoms with Crippen molar-refractivity contribution in [3.63, 3.8) is 0 Å². The molecule has 0 bridgehead atoms. The van der Waals surface area contributed by atoms with Gasteiger partial charge in [-0.05, 0) is 35.9 Å². The van der Waals surface area contributed by atoms with E-state index in [4.69, 9.17) is 0 Å². The third kappa shape index (κ3) is 7.63. The van der Waals surface area contributed by atoms with Crippen molar-refractivity contribution in [2.75, 3.05) is 25.9 Å². The molecule has 1 heterocycles. The second-order valence-corrected chi connectivity index (χ2v) is 9.04. The number of hydrogen-bond acceptors (Lipinski definition) is 4. The zero-order chi connectivity index (χ0) is 18.1. The van der Waals surface area contributed by atoms with Crippen molar-refractivity contribution in [3.8, 4) is 0 Å². The number of thiophene rings is 1. The van der Waals surface area contributed by atoms with E-state index in [9.17, 15) is 8.42 Å². The minimum Gasteiger partial charge on any atom is -0.356 e. The summed E-state index contributed by atoms with van der Waals surface area (Å²) in [5.74, 6) is 1.12. The van der Waals surface area contributed by atoms with Gasteiger partial charge in [0.15, 0.2) is 15.8 Å². The lowest BCUT2D eigenvalue weighted by atomic mass is 10.1. The molecular weight excluding hydrogens is 481 g/mol. The van der Waals surface area contributed by atoms with Crippen molar-refractivity contribution in [2.45, 2.75) is 18.2 Å². The fourth-order valence-corrected chi connectivity index (χ4v) is 4.43. The Balaban J connectivity index is 0.00000338. The summed E-state index contributed by atoms with van der Waals surface area (Å²) in [6.07, 6.45) is 1.02. The predicted molar refractivity (Wildman–Crippen MR) is 120 cm³/mol. The molecular formula is C18H26IN3O2S2. The average molecular weight is 507 g/mol. The number of halogens is 1. The Morgan fingerprint density at radius 3 is 2.50 bits per heavy atom. The monoisotopic (exact) mass is 507 g/mol. The van der Waals surface area contributed by atoms with E-state index in [1.165, 1.54) is 4.88 Å². The molecule has 1 unspecified atom stereocenters. The molecule has 1 atom stereocenters. The first-order valence-electron chi connectivity index (χ1n) is 8.26. The maximum atomic E-state index is 12.2. The van der Waals surface area contributed by atoms with Crippen LogP contribution in [0.25, 0.3) is 0 Å².